The molecular formula is C15H9N5OS. The largest absolute Gasteiger partial charge is 0.290 e. The summed E-state index contributed by atoms with van der Waals surface area (Å²) >= 11 is 1.29. The van der Waals surface area contributed by atoms with Crippen LogP contribution in [-0.4, -0.2) is 25.7 Å². The first-order valence-electron chi connectivity index (χ1n) is 6.36. The molecule has 1 unspecified atom stereocenters. The minimum absolute atomic E-state index is 0.239. The average Bonchev–Trinajstić information content (AvgIpc) is 3.07. The van der Waals surface area contributed by atoms with E-state index >= 15 is 0 Å². The summed E-state index contributed by atoms with van der Waals surface area (Å²) in [5.74, 6) is -1.33. The molecule has 0 saturated carbocycles. The Hall–Kier alpha value is -2.98. The van der Waals surface area contributed by atoms with Gasteiger partial charge in [0.15, 0.2) is 5.92 Å². The molecule has 0 bridgehead atoms. The van der Waals surface area contributed by atoms with Gasteiger partial charge in [0.25, 0.3) is 0 Å². The third kappa shape index (κ3) is 2.73. The average molecular weight is 307 g/mol. The number of ketones is 1. The maximum Gasteiger partial charge on any atom is 0.205 e. The second-order valence-electron chi connectivity index (χ2n) is 4.31. The van der Waals surface area contributed by atoms with Crippen molar-refractivity contribution in [3.63, 3.8) is 0 Å². The molecule has 22 heavy (non-hydrogen) atoms. The van der Waals surface area contributed by atoms with Crippen molar-refractivity contribution < 1.29 is 4.79 Å². The van der Waals surface area contributed by atoms with Crippen molar-refractivity contribution >= 4 is 17.1 Å². The van der Waals surface area contributed by atoms with Gasteiger partial charge in [0.05, 0.1) is 18.0 Å². The zero-order chi connectivity index (χ0) is 15.4. The molecule has 3 heterocycles. The van der Waals surface area contributed by atoms with Crippen LogP contribution in [0.25, 0.3) is 10.7 Å². The number of Topliss-reactive ketones (excluding diaryl/α,β-unsaturated/α-hetero) is 1. The van der Waals surface area contributed by atoms with Crippen molar-refractivity contribution in [3.05, 3.63) is 59.8 Å². The summed E-state index contributed by atoms with van der Waals surface area (Å²) in [6, 6.07) is 7.12. The van der Waals surface area contributed by atoms with Crippen LogP contribution in [0, 0.1) is 11.3 Å². The predicted octanol–water partition coefficient (Wildman–Crippen LogP) is 2.49. The molecule has 0 spiro atoms. The highest BCUT2D eigenvalue weighted by atomic mass is 32.1. The number of carbonyl (C=O) groups excluding carboxylic acids is 1. The van der Waals surface area contributed by atoms with Crippen molar-refractivity contribution in [1.82, 2.24) is 19.9 Å². The third-order valence-corrected chi connectivity index (χ3v) is 3.78. The molecular weight excluding hydrogens is 298 g/mol. The fraction of sp³-hybridized carbons (Fsp3) is 0.0667. The standard InChI is InChI=1S/C15H9N5OS/c16-7-10(11-3-1-2-4-18-11)14(21)13-9-22-15(20-13)12-8-17-5-6-19-12/h1-6,8-10H. The van der Waals surface area contributed by atoms with Crippen LogP contribution in [0.4, 0.5) is 0 Å². The molecule has 0 saturated heterocycles. The van der Waals surface area contributed by atoms with Crippen LogP contribution >= 0.6 is 11.3 Å². The van der Waals surface area contributed by atoms with Crippen LogP contribution in [0.2, 0.25) is 0 Å². The van der Waals surface area contributed by atoms with Crippen molar-refractivity contribution in [2.24, 2.45) is 0 Å². The van der Waals surface area contributed by atoms with E-state index < -0.39 is 5.92 Å². The number of thiazole rings is 1. The van der Waals surface area contributed by atoms with E-state index in [9.17, 15) is 10.1 Å². The highest BCUT2D eigenvalue weighted by Gasteiger charge is 2.25. The topological polar surface area (TPSA) is 92.4 Å². The van der Waals surface area contributed by atoms with E-state index in [2.05, 4.69) is 19.9 Å². The fourth-order valence-corrected chi connectivity index (χ4v) is 2.64. The summed E-state index contributed by atoms with van der Waals surface area (Å²) in [4.78, 5) is 28.9. The van der Waals surface area contributed by atoms with Crippen molar-refractivity contribution in [1.29, 1.82) is 5.26 Å². The molecule has 106 valence electrons. The number of rotatable bonds is 4. The van der Waals surface area contributed by atoms with Crippen LogP contribution in [0.5, 0.6) is 0 Å². The predicted molar refractivity (Wildman–Crippen MR) is 80.1 cm³/mol. The lowest BCUT2D eigenvalue weighted by molar-refractivity contribution is 0.0973. The lowest BCUT2D eigenvalue weighted by Gasteiger charge is -2.04. The van der Waals surface area contributed by atoms with E-state index in [1.54, 1.807) is 48.4 Å². The number of nitrogens with zero attached hydrogens (tertiary/aromatic N) is 5. The van der Waals surface area contributed by atoms with Gasteiger partial charge in [-0.1, -0.05) is 6.07 Å². The number of nitriles is 1. The summed E-state index contributed by atoms with van der Waals surface area (Å²) in [6.45, 7) is 0. The molecule has 7 heteroatoms. The maximum absolute atomic E-state index is 12.5. The highest BCUT2D eigenvalue weighted by molar-refractivity contribution is 7.13. The van der Waals surface area contributed by atoms with Gasteiger partial charge in [-0.2, -0.15) is 5.26 Å². The van der Waals surface area contributed by atoms with Gasteiger partial charge >= 0.3 is 0 Å². The first kappa shape index (κ1) is 14.0. The first-order valence-corrected chi connectivity index (χ1v) is 7.24. The van der Waals surface area contributed by atoms with Gasteiger partial charge in [-0.15, -0.1) is 11.3 Å². The van der Waals surface area contributed by atoms with Crippen molar-refractivity contribution in [2.45, 2.75) is 5.92 Å². The second-order valence-corrected chi connectivity index (χ2v) is 5.17. The molecule has 0 N–H and O–H groups in total. The SMILES string of the molecule is N#CC(C(=O)c1csc(-c2cnccn2)n1)c1ccccn1. The molecule has 3 rings (SSSR count). The Morgan fingerprint density at radius 2 is 2.14 bits per heavy atom. The summed E-state index contributed by atoms with van der Waals surface area (Å²) in [5.41, 5.74) is 1.25. The monoisotopic (exact) mass is 307 g/mol. The van der Waals surface area contributed by atoms with Gasteiger partial charge in [0.1, 0.15) is 16.4 Å². The molecule has 3 aromatic heterocycles. The van der Waals surface area contributed by atoms with E-state index in [-0.39, 0.29) is 11.5 Å². The molecule has 0 aliphatic heterocycles. The van der Waals surface area contributed by atoms with Crippen molar-refractivity contribution in [3.8, 4) is 16.8 Å². The molecule has 0 aliphatic carbocycles. The Bertz CT molecular complexity index is 826. The molecule has 3 aromatic rings. The Labute approximate surface area is 130 Å². The third-order valence-electron chi connectivity index (χ3n) is 2.91. The number of hydrogen-bond donors (Lipinski definition) is 0. The quantitative estimate of drug-likeness (QED) is 0.687. The number of carbonyl (C=O) groups is 1. The number of aromatic nitrogens is 4. The van der Waals surface area contributed by atoms with Gasteiger partial charge in [-0.05, 0) is 12.1 Å². The molecule has 6 nitrogen and oxygen atoms in total. The van der Waals surface area contributed by atoms with E-state index in [1.807, 2.05) is 6.07 Å². The molecule has 1 atom stereocenters. The van der Waals surface area contributed by atoms with Crippen LogP contribution in [0.1, 0.15) is 22.1 Å². The normalized spacial score (nSPS) is 11.6. The molecule has 0 radical (unpaired) electrons. The Balaban J connectivity index is 1.90. The second kappa shape index (κ2) is 6.20. The zero-order valence-corrected chi connectivity index (χ0v) is 12.1. The fourth-order valence-electron chi connectivity index (χ4n) is 1.87. The van der Waals surface area contributed by atoms with E-state index in [1.165, 1.54) is 11.3 Å². The molecule has 0 fully saturated rings. The highest BCUT2D eigenvalue weighted by Crippen LogP contribution is 2.24. The smallest absolute Gasteiger partial charge is 0.205 e. The van der Waals surface area contributed by atoms with Crippen LogP contribution in [0.3, 0.4) is 0 Å². The first-order chi connectivity index (χ1) is 10.8. The zero-order valence-electron chi connectivity index (χ0n) is 11.2. The minimum atomic E-state index is -0.960. The Kier molecular flexibility index (Phi) is 3.94. The Morgan fingerprint density at radius 1 is 1.23 bits per heavy atom. The summed E-state index contributed by atoms with van der Waals surface area (Å²) in [6.07, 6.45) is 6.26. The van der Waals surface area contributed by atoms with Crippen LogP contribution in [0.15, 0.2) is 48.4 Å². The molecule has 0 amide bonds. The molecule has 0 aliphatic rings. The van der Waals surface area contributed by atoms with E-state index in [0.717, 1.165) is 0 Å². The van der Waals surface area contributed by atoms with Gasteiger partial charge in [-0.3, -0.25) is 19.7 Å². The minimum Gasteiger partial charge on any atom is -0.290 e. The maximum atomic E-state index is 12.5. The number of pyridine rings is 1. The lowest BCUT2D eigenvalue weighted by atomic mass is 9.99. The lowest BCUT2D eigenvalue weighted by Crippen LogP contribution is -2.13. The van der Waals surface area contributed by atoms with Gasteiger partial charge in [-0.25, -0.2) is 4.98 Å². The summed E-state index contributed by atoms with van der Waals surface area (Å²) in [5, 5.41) is 11.5. The van der Waals surface area contributed by atoms with E-state index in [4.69, 9.17) is 0 Å². The molecule has 0 aromatic carbocycles. The van der Waals surface area contributed by atoms with Crippen LogP contribution < -0.4 is 0 Å². The van der Waals surface area contributed by atoms with Gasteiger partial charge in [0.2, 0.25) is 5.78 Å². The summed E-state index contributed by atoms with van der Waals surface area (Å²) < 4.78 is 0. The van der Waals surface area contributed by atoms with E-state index in [0.29, 0.717) is 16.4 Å². The van der Waals surface area contributed by atoms with Crippen molar-refractivity contribution in [2.75, 3.05) is 0 Å². The van der Waals surface area contributed by atoms with Crippen LogP contribution in [-0.2, 0) is 0 Å². The summed E-state index contributed by atoms with van der Waals surface area (Å²) in [7, 11) is 0. The number of hydrogen-bond acceptors (Lipinski definition) is 7. The Morgan fingerprint density at radius 3 is 2.82 bits per heavy atom. The van der Waals surface area contributed by atoms with Gasteiger partial charge in [0, 0.05) is 24.0 Å². The van der Waals surface area contributed by atoms with Gasteiger partial charge < -0.3 is 0 Å².